The van der Waals surface area contributed by atoms with Gasteiger partial charge in [-0.3, -0.25) is 0 Å². The van der Waals surface area contributed by atoms with Gasteiger partial charge in [0.05, 0.1) is 16.4 Å². The van der Waals surface area contributed by atoms with E-state index in [0.29, 0.717) is 0 Å². The molecule has 0 saturated heterocycles. The van der Waals surface area contributed by atoms with Crippen LogP contribution in [0, 0.1) is 0 Å². The van der Waals surface area contributed by atoms with Gasteiger partial charge in [0, 0.05) is 10.1 Å². The lowest BCUT2D eigenvalue weighted by Gasteiger charge is -2.15. The molecule has 2 aliphatic rings. The molecule has 1 aliphatic carbocycles. The Morgan fingerprint density at radius 1 is 1.22 bits per heavy atom. The van der Waals surface area contributed by atoms with E-state index >= 15 is 0 Å². The maximum Gasteiger partial charge on any atom is 0.276 e. The average Bonchev–Trinajstić information content (AvgIpc) is 2.98. The molecular weight excluding hydrogens is 330 g/mol. The van der Waals surface area contributed by atoms with Gasteiger partial charge >= 0.3 is 0 Å². The molecule has 0 unspecified atom stereocenters. The molecule has 1 aromatic heterocycles. The fourth-order valence-electron chi connectivity index (χ4n) is 2.58. The summed E-state index contributed by atoms with van der Waals surface area (Å²) >= 11 is 1.63. The Morgan fingerprint density at radius 2 is 2.04 bits per heavy atom. The average molecular weight is 343 g/mol. The predicted octanol–water partition coefficient (Wildman–Crippen LogP) is 1.29. The first-order valence-electron chi connectivity index (χ1n) is 7.04. The van der Waals surface area contributed by atoms with Gasteiger partial charge in [-0.05, 0) is 35.6 Å². The van der Waals surface area contributed by atoms with Crippen LogP contribution in [0.5, 0.6) is 0 Å². The van der Waals surface area contributed by atoms with Gasteiger partial charge in [0.15, 0.2) is 0 Å². The quantitative estimate of drug-likeness (QED) is 0.912. The lowest BCUT2D eigenvalue weighted by Crippen LogP contribution is -2.40. The maximum absolute atomic E-state index is 12.5. The molecule has 0 atom stereocenters. The normalized spacial score (nSPS) is 16.2. The standard InChI is InChI=1S/C16H13N3O2S2/c20-23(21,13-6-2-1-3-7-13)18-19-16-12(10-17-19)11-22-15-9-5-4-8-14(15)16/h1-7,9-11,18H,8H2. The highest BCUT2D eigenvalue weighted by molar-refractivity contribution is 8.10. The number of allylic oxidation sites excluding steroid dienone is 4. The van der Waals surface area contributed by atoms with E-state index in [1.807, 2.05) is 17.6 Å². The summed E-state index contributed by atoms with van der Waals surface area (Å²) in [6, 6.07) is 8.28. The summed E-state index contributed by atoms with van der Waals surface area (Å²) in [4.78, 5) is 5.25. The number of aromatic nitrogens is 2. The summed E-state index contributed by atoms with van der Waals surface area (Å²) in [7, 11) is -3.68. The van der Waals surface area contributed by atoms with Gasteiger partial charge in [-0.15, -0.1) is 0 Å². The fourth-order valence-corrected chi connectivity index (χ4v) is 4.47. The molecule has 0 bridgehead atoms. The van der Waals surface area contributed by atoms with Crippen molar-refractivity contribution in [2.24, 2.45) is 0 Å². The van der Waals surface area contributed by atoms with Crippen LogP contribution in [0.4, 0.5) is 0 Å². The van der Waals surface area contributed by atoms with Crippen molar-refractivity contribution in [1.82, 2.24) is 9.89 Å². The number of hydrogen-bond acceptors (Lipinski definition) is 4. The highest BCUT2D eigenvalue weighted by Gasteiger charge is 2.19. The Hall–Kier alpha value is -2.25. The lowest BCUT2D eigenvalue weighted by atomic mass is 10.1. The third-order valence-electron chi connectivity index (χ3n) is 3.66. The highest BCUT2D eigenvalue weighted by Crippen LogP contribution is 2.31. The van der Waals surface area contributed by atoms with Crippen LogP contribution in [0.3, 0.4) is 0 Å². The van der Waals surface area contributed by atoms with Gasteiger partial charge in [-0.1, -0.05) is 42.1 Å². The van der Waals surface area contributed by atoms with Gasteiger partial charge in [0.1, 0.15) is 0 Å². The molecule has 7 heteroatoms. The van der Waals surface area contributed by atoms with E-state index in [2.05, 4.69) is 16.0 Å². The van der Waals surface area contributed by atoms with Crippen LogP contribution in [0.1, 0.15) is 6.42 Å². The first kappa shape index (κ1) is 14.3. The largest absolute Gasteiger partial charge is 0.276 e. The Morgan fingerprint density at radius 3 is 2.87 bits per heavy atom. The van der Waals surface area contributed by atoms with Crippen molar-refractivity contribution < 1.29 is 8.42 Å². The van der Waals surface area contributed by atoms with Crippen LogP contribution in [0.25, 0.3) is 11.0 Å². The smallest absolute Gasteiger partial charge is 0.200 e. The van der Waals surface area contributed by atoms with Crippen molar-refractivity contribution in [3.63, 3.8) is 0 Å². The zero-order valence-electron chi connectivity index (χ0n) is 12.0. The van der Waals surface area contributed by atoms with Crippen molar-refractivity contribution in [2.45, 2.75) is 11.3 Å². The maximum atomic E-state index is 12.5. The fraction of sp³-hybridized carbons (Fsp3) is 0.0625. The monoisotopic (exact) mass is 343 g/mol. The van der Waals surface area contributed by atoms with Crippen molar-refractivity contribution in [2.75, 3.05) is 4.83 Å². The first-order valence-corrected chi connectivity index (χ1v) is 9.40. The number of nitrogens with one attached hydrogen (secondary N) is 1. The van der Waals surface area contributed by atoms with E-state index in [9.17, 15) is 8.42 Å². The van der Waals surface area contributed by atoms with Crippen LogP contribution in [0.15, 0.2) is 64.6 Å². The van der Waals surface area contributed by atoms with Crippen molar-refractivity contribution >= 4 is 32.8 Å². The lowest BCUT2D eigenvalue weighted by molar-refractivity contribution is 0.590. The number of thioether (sulfide) groups is 1. The molecule has 23 heavy (non-hydrogen) atoms. The number of rotatable bonds is 3. The van der Waals surface area contributed by atoms with E-state index in [0.717, 1.165) is 27.5 Å². The highest BCUT2D eigenvalue weighted by atomic mass is 32.2. The number of fused-ring (bicyclic) bond motifs is 2. The second kappa shape index (κ2) is 5.43. The zero-order chi connectivity index (χ0) is 15.9. The topological polar surface area (TPSA) is 64.0 Å². The second-order valence-corrected chi connectivity index (χ2v) is 7.72. The molecule has 4 rings (SSSR count). The summed E-state index contributed by atoms with van der Waals surface area (Å²) in [5.74, 6) is 0. The minimum absolute atomic E-state index is 0.211. The molecule has 0 radical (unpaired) electrons. The summed E-state index contributed by atoms with van der Waals surface area (Å²) in [5, 5.41) is 7.93. The Kier molecular flexibility index (Phi) is 3.39. The number of sulfonamides is 1. The molecule has 5 nitrogen and oxygen atoms in total. The molecule has 1 N–H and O–H groups in total. The Labute approximate surface area is 137 Å². The second-order valence-electron chi connectivity index (χ2n) is 5.15. The summed E-state index contributed by atoms with van der Waals surface area (Å²) in [5.41, 5.74) is 1.09. The molecule has 1 aliphatic heterocycles. The van der Waals surface area contributed by atoms with Crippen LogP contribution in [-0.2, 0) is 10.0 Å². The Balaban J connectivity index is 1.84. The molecule has 0 fully saturated rings. The van der Waals surface area contributed by atoms with E-state index in [1.54, 1.807) is 48.3 Å². The number of benzene rings is 1. The molecule has 116 valence electrons. The zero-order valence-corrected chi connectivity index (χ0v) is 13.6. The van der Waals surface area contributed by atoms with Gasteiger partial charge in [0.2, 0.25) is 0 Å². The summed E-state index contributed by atoms with van der Waals surface area (Å²) in [6.45, 7) is 0. The minimum Gasteiger partial charge on any atom is -0.200 e. The van der Waals surface area contributed by atoms with Gasteiger partial charge in [-0.2, -0.15) is 23.1 Å². The van der Waals surface area contributed by atoms with Gasteiger partial charge < -0.3 is 0 Å². The number of hydrogen-bond donors (Lipinski definition) is 1. The van der Waals surface area contributed by atoms with E-state index in [1.165, 1.54) is 4.79 Å². The third-order valence-corrected chi connectivity index (χ3v) is 5.97. The first-order chi connectivity index (χ1) is 11.1. The van der Waals surface area contributed by atoms with E-state index in [4.69, 9.17) is 0 Å². The molecule has 2 aromatic rings. The minimum atomic E-state index is -3.68. The van der Waals surface area contributed by atoms with Crippen LogP contribution in [-0.4, -0.2) is 18.3 Å². The van der Waals surface area contributed by atoms with E-state index in [-0.39, 0.29) is 4.90 Å². The van der Waals surface area contributed by atoms with Crippen LogP contribution >= 0.6 is 11.8 Å². The van der Waals surface area contributed by atoms with Crippen molar-refractivity contribution in [1.29, 1.82) is 0 Å². The molecule has 0 saturated carbocycles. The van der Waals surface area contributed by atoms with Crippen molar-refractivity contribution in [3.05, 3.63) is 70.2 Å². The summed E-state index contributed by atoms with van der Waals surface area (Å²) < 4.78 is 25.0. The molecule has 0 amide bonds. The van der Waals surface area contributed by atoms with Gasteiger partial charge in [0.25, 0.3) is 10.0 Å². The summed E-state index contributed by atoms with van der Waals surface area (Å²) in [6.07, 6.45) is 8.54. The number of nitrogens with zero attached hydrogens (tertiary/aromatic N) is 2. The third kappa shape index (κ3) is 2.51. The SMILES string of the molecule is O=S(=O)(Nn1ncc2c1=C1CC=CC=C1SC=2)c1ccccc1. The van der Waals surface area contributed by atoms with Crippen LogP contribution in [0.2, 0.25) is 0 Å². The molecular formula is C16H13N3O2S2. The Bertz CT molecular complexity index is 1050. The predicted molar refractivity (Wildman–Crippen MR) is 91.8 cm³/mol. The van der Waals surface area contributed by atoms with E-state index < -0.39 is 10.0 Å². The van der Waals surface area contributed by atoms with Gasteiger partial charge in [-0.25, -0.2) is 0 Å². The van der Waals surface area contributed by atoms with Crippen molar-refractivity contribution in [3.8, 4) is 0 Å². The van der Waals surface area contributed by atoms with Crippen LogP contribution < -0.4 is 15.4 Å². The molecule has 1 aromatic carbocycles. The molecule has 0 spiro atoms. The molecule has 2 heterocycles.